The third kappa shape index (κ3) is 6.41. The fourth-order valence-corrected chi connectivity index (χ4v) is 4.55. The van der Waals surface area contributed by atoms with E-state index in [0.717, 1.165) is 14.9 Å². The lowest BCUT2D eigenvalue weighted by Gasteiger charge is -2.15. The molecule has 0 amide bonds. The van der Waals surface area contributed by atoms with Crippen LogP contribution in [0.25, 0.3) is 0 Å². The molecule has 9 nitrogen and oxygen atoms in total. The molecule has 0 saturated heterocycles. The largest absolute Gasteiger partial charge is 0.493 e. The van der Waals surface area contributed by atoms with Crippen molar-refractivity contribution in [1.29, 1.82) is 0 Å². The minimum Gasteiger partial charge on any atom is -0.493 e. The minimum atomic E-state index is -0.441. The highest BCUT2D eigenvalue weighted by atomic mass is 32.2. The molecule has 0 unspecified atom stereocenters. The SMILES string of the molecule is COc1ccc(CCOC(C)=O)cc1Oc1ccc([N+](=O)[O-])cc1CSc1nnc(C)s1. The molecule has 0 aliphatic rings. The first-order chi connectivity index (χ1) is 15.4. The molecule has 0 atom stereocenters. The highest BCUT2D eigenvalue weighted by Gasteiger charge is 2.16. The second-order valence-corrected chi connectivity index (χ2v) is 9.01. The van der Waals surface area contributed by atoms with Crippen molar-refractivity contribution in [2.75, 3.05) is 13.7 Å². The summed E-state index contributed by atoms with van der Waals surface area (Å²) in [7, 11) is 1.53. The van der Waals surface area contributed by atoms with Gasteiger partial charge in [0.15, 0.2) is 15.8 Å². The standard InChI is InChI=1S/C21H21N3O6S2/c1-13-22-23-21(32-13)31-12-16-11-17(24(26)27)5-7-18(16)30-20-10-15(4-6-19(20)28-3)8-9-29-14(2)25/h4-7,10-11H,8-9,12H2,1-3H3. The molecule has 2 aromatic carbocycles. The summed E-state index contributed by atoms with van der Waals surface area (Å²) in [6.45, 7) is 3.48. The first-order valence-electron chi connectivity index (χ1n) is 9.54. The zero-order valence-electron chi connectivity index (χ0n) is 17.7. The van der Waals surface area contributed by atoms with Gasteiger partial charge in [0.25, 0.3) is 5.69 Å². The molecule has 0 aliphatic heterocycles. The molecule has 0 bridgehead atoms. The molecule has 168 valence electrons. The molecule has 1 aromatic heterocycles. The Kier molecular flexibility index (Phi) is 8.01. The van der Waals surface area contributed by atoms with Crippen molar-refractivity contribution in [3.8, 4) is 17.2 Å². The molecule has 3 rings (SSSR count). The van der Waals surface area contributed by atoms with E-state index in [0.29, 0.717) is 35.0 Å². The van der Waals surface area contributed by atoms with Crippen molar-refractivity contribution in [2.45, 2.75) is 30.4 Å². The van der Waals surface area contributed by atoms with Crippen LogP contribution in [0, 0.1) is 17.0 Å². The number of hydrogen-bond donors (Lipinski definition) is 0. The molecule has 0 radical (unpaired) electrons. The average molecular weight is 476 g/mol. The van der Waals surface area contributed by atoms with Crippen LogP contribution in [-0.2, 0) is 21.7 Å². The summed E-state index contributed by atoms with van der Waals surface area (Å²) < 4.78 is 17.3. The molecule has 11 heteroatoms. The van der Waals surface area contributed by atoms with Gasteiger partial charge in [-0.2, -0.15) is 0 Å². The van der Waals surface area contributed by atoms with Crippen LogP contribution < -0.4 is 9.47 Å². The van der Waals surface area contributed by atoms with Gasteiger partial charge < -0.3 is 14.2 Å². The minimum absolute atomic E-state index is 0.0245. The van der Waals surface area contributed by atoms with E-state index in [1.165, 1.54) is 49.3 Å². The highest BCUT2D eigenvalue weighted by Crippen LogP contribution is 2.38. The monoisotopic (exact) mass is 475 g/mol. The van der Waals surface area contributed by atoms with Gasteiger partial charge in [0.2, 0.25) is 0 Å². The number of non-ortho nitro benzene ring substituents is 1. The maximum atomic E-state index is 11.3. The Bertz CT molecular complexity index is 1120. The number of rotatable bonds is 10. The fraction of sp³-hybridized carbons (Fsp3) is 0.286. The first kappa shape index (κ1) is 23.5. The number of hydrogen-bond acceptors (Lipinski definition) is 10. The van der Waals surface area contributed by atoms with Crippen LogP contribution in [0.4, 0.5) is 5.69 Å². The number of aryl methyl sites for hydroxylation is 1. The van der Waals surface area contributed by atoms with E-state index in [2.05, 4.69) is 10.2 Å². The number of nitro benzene ring substituents is 1. The van der Waals surface area contributed by atoms with Crippen LogP contribution in [0.2, 0.25) is 0 Å². The maximum Gasteiger partial charge on any atom is 0.302 e. The quantitative estimate of drug-likeness (QED) is 0.174. The summed E-state index contributed by atoms with van der Waals surface area (Å²) >= 11 is 2.88. The first-order valence-corrected chi connectivity index (χ1v) is 11.3. The van der Waals surface area contributed by atoms with Gasteiger partial charge in [0.05, 0.1) is 18.6 Å². The van der Waals surface area contributed by atoms with E-state index in [4.69, 9.17) is 14.2 Å². The topological polar surface area (TPSA) is 114 Å². The number of esters is 1. The summed E-state index contributed by atoms with van der Waals surface area (Å²) in [5.41, 5.74) is 1.51. The summed E-state index contributed by atoms with van der Waals surface area (Å²) in [5.74, 6) is 1.52. The summed E-state index contributed by atoms with van der Waals surface area (Å²) in [6, 6.07) is 9.89. The van der Waals surface area contributed by atoms with Crippen molar-refractivity contribution in [3.63, 3.8) is 0 Å². The van der Waals surface area contributed by atoms with E-state index < -0.39 is 4.92 Å². The van der Waals surface area contributed by atoms with E-state index in [-0.39, 0.29) is 18.3 Å². The second kappa shape index (κ2) is 10.9. The van der Waals surface area contributed by atoms with Gasteiger partial charge in [-0.25, -0.2) is 0 Å². The number of thioether (sulfide) groups is 1. The number of nitrogens with zero attached hydrogens (tertiary/aromatic N) is 3. The van der Waals surface area contributed by atoms with Gasteiger partial charge in [0.1, 0.15) is 10.8 Å². The Morgan fingerprint density at radius 3 is 2.59 bits per heavy atom. The maximum absolute atomic E-state index is 11.3. The lowest BCUT2D eigenvalue weighted by atomic mass is 10.1. The van der Waals surface area contributed by atoms with E-state index in [1.54, 1.807) is 18.2 Å². The predicted molar refractivity (Wildman–Crippen MR) is 121 cm³/mol. The Labute approximate surface area is 192 Å². The highest BCUT2D eigenvalue weighted by molar-refractivity contribution is 8.00. The Balaban J connectivity index is 1.85. The van der Waals surface area contributed by atoms with Gasteiger partial charge in [-0.3, -0.25) is 14.9 Å². The van der Waals surface area contributed by atoms with Crippen molar-refractivity contribution in [3.05, 3.63) is 62.6 Å². The van der Waals surface area contributed by atoms with E-state index >= 15 is 0 Å². The molecule has 0 fully saturated rings. The van der Waals surface area contributed by atoms with Gasteiger partial charge in [-0.15, -0.1) is 10.2 Å². The molecule has 3 aromatic rings. The van der Waals surface area contributed by atoms with Crippen molar-refractivity contribution in [2.24, 2.45) is 0 Å². The molecular formula is C21H21N3O6S2. The van der Waals surface area contributed by atoms with Crippen molar-refractivity contribution >= 4 is 34.8 Å². The Morgan fingerprint density at radius 1 is 1.16 bits per heavy atom. The van der Waals surface area contributed by atoms with Crippen LogP contribution in [0.15, 0.2) is 40.7 Å². The zero-order chi connectivity index (χ0) is 23.1. The molecule has 1 heterocycles. The number of benzene rings is 2. The lowest BCUT2D eigenvalue weighted by Crippen LogP contribution is -2.03. The molecular weight excluding hydrogens is 454 g/mol. The van der Waals surface area contributed by atoms with Crippen LogP contribution >= 0.6 is 23.1 Å². The number of methoxy groups -OCH3 is 1. The van der Waals surface area contributed by atoms with Crippen LogP contribution in [-0.4, -0.2) is 34.8 Å². The molecule has 32 heavy (non-hydrogen) atoms. The lowest BCUT2D eigenvalue weighted by molar-refractivity contribution is -0.384. The number of ether oxygens (including phenoxy) is 3. The van der Waals surface area contributed by atoms with Gasteiger partial charge in [-0.1, -0.05) is 29.2 Å². The Morgan fingerprint density at radius 2 is 1.94 bits per heavy atom. The summed E-state index contributed by atoms with van der Waals surface area (Å²) in [6.07, 6.45) is 0.513. The molecule has 0 saturated carbocycles. The molecule has 0 N–H and O–H groups in total. The van der Waals surface area contributed by atoms with Gasteiger partial charge in [-0.05, 0) is 30.7 Å². The van der Waals surface area contributed by atoms with E-state index in [9.17, 15) is 14.9 Å². The molecule has 0 aliphatic carbocycles. The summed E-state index contributed by atoms with van der Waals surface area (Å²) in [4.78, 5) is 21.8. The number of carbonyl (C=O) groups excluding carboxylic acids is 1. The predicted octanol–water partition coefficient (Wildman–Crippen LogP) is 4.95. The third-order valence-corrected chi connectivity index (χ3v) is 6.28. The second-order valence-electron chi connectivity index (χ2n) is 6.60. The number of nitro groups is 1. The van der Waals surface area contributed by atoms with Crippen LogP contribution in [0.5, 0.6) is 17.2 Å². The van der Waals surface area contributed by atoms with Crippen LogP contribution in [0.3, 0.4) is 0 Å². The van der Waals surface area contributed by atoms with Gasteiger partial charge >= 0.3 is 5.97 Å². The third-order valence-electron chi connectivity index (χ3n) is 4.26. The molecule has 0 spiro atoms. The van der Waals surface area contributed by atoms with Crippen molar-refractivity contribution < 1.29 is 23.9 Å². The van der Waals surface area contributed by atoms with Gasteiger partial charge in [0, 0.05) is 36.8 Å². The van der Waals surface area contributed by atoms with E-state index in [1.807, 2.05) is 13.0 Å². The smallest absolute Gasteiger partial charge is 0.302 e. The fourth-order valence-electron chi connectivity index (χ4n) is 2.76. The van der Waals surface area contributed by atoms with Crippen LogP contribution in [0.1, 0.15) is 23.1 Å². The Hall–Kier alpha value is -3.18. The normalized spacial score (nSPS) is 10.6. The summed E-state index contributed by atoms with van der Waals surface area (Å²) in [5, 5.41) is 20.2. The number of carbonyl (C=O) groups is 1. The number of aromatic nitrogens is 2. The zero-order valence-corrected chi connectivity index (χ0v) is 19.3. The average Bonchev–Trinajstić information content (AvgIpc) is 3.18. The van der Waals surface area contributed by atoms with Crippen molar-refractivity contribution in [1.82, 2.24) is 10.2 Å².